The van der Waals surface area contributed by atoms with Crippen LogP contribution in [0.15, 0.2) is 54.2 Å². The van der Waals surface area contributed by atoms with E-state index in [1.165, 1.54) is 6.07 Å². The number of rotatable bonds is 3. The molecule has 3 aliphatic carbocycles. The zero-order valence-corrected chi connectivity index (χ0v) is 19.8. The lowest BCUT2D eigenvalue weighted by molar-refractivity contribution is -0.121. The van der Waals surface area contributed by atoms with Crippen molar-refractivity contribution < 1.29 is 9.18 Å². The molecule has 1 fully saturated rings. The lowest BCUT2D eigenvalue weighted by atomic mass is 9.57. The number of halogens is 1. The van der Waals surface area contributed by atoms with Crippen LogP contribution in [0.5, 0.6) is 0 Å². The topological polar surface area (TPSA) is 79.5 Å². The number of ketones is 1. The molecule has 0 aliphatic heterocycles. The van der Waals surface area contributed by atoms with Gasteiger partial charge in [0.05, 0.1) is 17.0 Å². The predicted octanol–water partition coefficient (Wildman–Crippen LogP) is 5.71. The summed E-state index contributed by atoms with van der Waals surface area (Å²) in [4.78, 5) is 27.3. The molecule has 0 spiro atoms. The maximum atomic E-state index is 15.0. The second-order valence-electron chi connectivity index (χ2n) is 10.2. The van der Waals surface area contributed by atoms with Gasteiger partial charge in [0.2, 0.25) is 0 Å². The number of benzene rings is 1. The van der Waals surface area contributed by atoms with Gasteiger partial charge >= 0.3 is 0 Å². The summed E-state index contributed by atoms with van der Waals surface area (Å²) >= 11 is 0. The van der Waals surface area contributed by atoms with E-state index in [-0.39, 0.29) is 29.0 Å². The number of hydrogen-bond acceptors (Lipinski definition) is 5. The number of carbonyl (C=O) groups is 1. The zero-order valence-electron chi connectivity index (χ0n) is 19.8. The van der Waals surface area contributed by atoms with Crippen molar-refractivity contribution in [2.45, 2.75) is 50.9 Å². The number of pyridine rings is 1. The summed E-state index contributed by atoms with van der Waals surface area (Å²) in [6, 6.07) is 12.7. The third-order valence-electron chi connectivity index (χ3n) is 8.00. The Morgan fingerprint density at radius 3 is 2.69 bits per heavy atom. The first-order valence-electron chi connectivity index (χ1n) is 12.2. The van der Waals surface area contributed by atoms with Crippen LogP contribution in [0.1, 0.15) is 56.0 Å². The molecule has 5 nitrogen and oxygen atoms in total. The van der Waals surface area contributed by atoms with E-state index in [1.54, 1.807) is 24.4 Å². The minimum absolute atomic E-state index is 0.00952. The van der Waals surface area contributed by atoms with E-state index >= 15 is 4.39 Å². The first kappa shape index (κ1) is 21.8. The standard InChI is InChI=1S/C29H25FN4O/c1-16-22-10-9-21-25(20-5-3-4-6-23(20)30)33-28(18-11-12-32-24(13-18)17-7-8-17)34-27(21)29(22,2)14-19(15-31)26(16)35/h3-6,11-14,16-17,22H,7-10H2,1-2H3/t16?,22?,29-/m1/s1. The highest BCUT2D eigenvalue weighted by molar-refractivity contribution is 6.02. The number of nitriles is 1. The minimum Gasteiger partial charge on any atom is -0.293 e. The number of fused-ring (bicyclic) bond motifs is 3. The molecule has 174 valence electrons. The average molecular weight is 465 g/mol. The summed E-state index contributed by atoms with van der Waals surface area (Å²) in [5.41, 5.74) is 4.13. The molecule has 3 aliphatic rings. The molecule has 35 heavy (non-hydrogen) atoms. The summed E-state index contributed by atoms with van der Waals surface area (Å²) in [6.07, 6.45) is 7.24. The fourth-order valence-corrected chi connectivity index (χ4v) is 5.97. The number of carbonyl (C=O) groups excluding carboxylic acids is 1. The lowest BCUT2D eigenvalue weighted by Crippen LogP contribution is -2.46. The molecule has 0 radical (unpaired) electrons. The van der Waals surface area contributed by atoms with Gasteiger partial charge in [0, 0.05) is 45.8 Å². The van der Waals surface area contributed by atoms with Gasteiger partial charge in [0.15, 0.2) is 11.6 Å². The van der Waals surface area contributed by atoms with Gasteiger partial charge in [-0.15, -0.1) is 0 Å². The zero-order chi connectivity index (χ0) is 24.3. The molecule has 0 saturated heterocycles. The molecule has 1 saturated carbocycles. The van der Waals surface area contributed by atoms with Gasteiger partial charge in [-0.05, 0) is 55.9 Å². The van der Waals surface area contributed by atoms with E-state index in [1.807, 2.05) is 25.1 Å². The van der Waals surface area contributed by atoms with Crippen molar-refractivity contribution in [2.24, 2.45) is 11.8 Å². The van der Waals surface area contributed by atoms with E-state index < -0.39 is 5.41 Å². The monoisotopic (exact) mass is 464 g/mol. The van der Waals surface area contributed by atoms with Gasteiger partial charge in [0.25, 0.3) is 0 Å². The molecule has 2 aromatic heterocycles. The van der Waals surface area contributed by atoms with E-state index in [4.69, 9.17) is 9.97 Å². The maximum absolute atomic E-state index is 15.0. The molecule has 3 aromatic rings. The van der Waals surface area contributed by atoms with Crippen molar-refractivity contribution in [3.63, 3.8) is 0 Å². The van der Waals surface area contributed by atoms with Gasteiger partial charge in [-0.1, -0.05) is 32.1 Å². The predicted molar refractivity (Wildman–Crippen MR) is 130 cm³/mol. The van der Waals surface area contributed by atoms with Gasteiger partial charge in [-0.25, -0.2) is 14.4 Å². The maximum Gasteiger partial charge on any atom is 0.176 e. The summed E-state index contributed by atoms with van der Waals surface area (Å²) < 4.78 is 15.0. The largest absolute Gasteiger partial charge is 0.293 e. The Kier molecular flexibility index (Phi) is 4.93. The molecular weight excluding hydrogens is 439 g/mol. The Balaban J connectivity index is 1.63. The fourth-order valence-electron chi connectivity index (χ4n) is 5.97. The van der Waals surface area contributed by atoms with Crippen LogP contribution in [-0.2, 0) is 16.6 Å². The molecule has 3 atom stereocenters. The van der Waals surface area contributed by atoms with Crippen molar-refractivity contribution in [1.29, 1.82) is 5.26 Å². The number of aromatic nitrogens is 3. The molecule has 0 bridgehead atoms. The highest BCUT2D eigenvalue weighted by atomic mass is 19.1. The van der Waals surface area contributed by atoms with Crippen molar-refractivity contribution in [2.75, 3.05) is 0 Å². The number of nitrogens with zero attached hydrogens (tertiary/aromatic N) is 4. The van der Waals surface area contributed by atoms with E-state index in [0.29, 0.717) is 29.4 Å². The molecule has 6 heteroatoms. The number of hydrogen-bond donors (Lipinski definition) is 0. The first-order valence-corrected chi connectivity index (χ1v) is 12.2. The smallest absolute Gasteiger partial charge is 0.176 e. The Morgan fingerprint density at radius 2 is 1.94 bits per heavy atom. The molecular formula is C29H25FN4O. The fraction of sp³-hybridized carbons (Fsp3) is 0.345. The van der Waals surface area contributed by atoms with Crippen LogP contribution in [-0.4, -0.2) is 20.7 Å². The Morgan fingerprint density at radius 1 is 1.14 bits per heavy atom. The van der Waals surface area contributed by atoms with Crippen molar-refractivity contribution >= 4 is 5.78 Å². The number of allylic oxidation sites excluding steroid dienone is 2. The first-order chi connectivity index (χ1) is 16.9. The van der Waals surface area contributed by atoms with Crippen LogP contribution in [0, 0.1) is 29.0 Å². The molecule has 1 aromatic carbocycles. The van der Waals surface area contributed by atoms with Crippen LogP contribution in [0.4, 0.5) is 4.39 Å². The highest BCUT2D eigenvalue weighted by Crippen LogP contribution is 2.51. The second-order valence-corrected chi connectivity index (χ2v) is 10.2. The second kappa shape index (κ2) is 7.91. The quantitative estimate of drug-likeness (QED) is 0.496. The van der Waals surface area contributed by atoms with Crippen molar-refractivity contribution in [3.8, 4) is 28.7 Å². The summed E-state index contributed by atoms with van der Waals surface area (Å²) in [5.74, 6) is 0.281. The average Bonchev–Trinajstić information content (AvgIpc) is 3.72. The molecule has 0 N–H and O–H groups in total. The molecule has 6 rings (SSSR count). The SMILES string of the molecule is CC1C(=O)C(C#N)=C[C@@]2(C)c3nc(-c4ccnc(C5CC5)c4)nc(-c4ccccc4F)c3CCC12. The highest BCUT2D eigenvalue weighted by Gasteiger charge is 2.49. The molecule has 0 amide bonds. The number of Topliss-reactive ketones (excluding diaryl/α,β-unsaturated/α-hetero) is 1. The van der Waals surface area contributed by atoms with Crippen LogP contribution < -0.4 is 0 Å². The normalized spacial score (nSPS) is 25.3. The Labute approximate surface area is 203 Å². The van der Waals surface area contributed by atoms with Gasteiger partial charge < -0.3 is 0 Å². The summed E-state index contributed by atoms with van der Waals surface area (Å²) in [6.45, 7) is 3.96. The Bertz CT molecular complexity index is 1450. The molecule has 2 heterocycles. The van der Waals surface area contributed by atoms with Crippen LogP contribution >= 0.6 is 0 Å². The molecule has 2 unspecified atom stereocenters. The third-order valence-corrected chi connectivity index (χ3v) is 8.00. The van der Waals surface area contributed by atoms with E-state index in [9.17, 15) is 10.1 Å². The van der Waals surface area contributed by atoms with Gasteiger partial charge in [-0.3, -0.25) is 9.78 Å². The Hall–Kier alpha value is -3.72. The van der Waals surface area contributed by atoms with E-state index in [0.717, 1.165) is 41.8 Å². The van der Waals surface area contributed by atoms with Crippen LogP contribution in [0.3, 0.4) is 0 Å². The summed E-state index contributed by atoms with van der Waals surface area (Å²) in [5, 5.41) is 9.69. The minimum atomic E-state index is -0.629. The van der Waals surface area contributed by atoms with Gasteiger partial charge in [-0.2, -0.15) is 5.26 Å². The summed E-state index contributed by atoms with van der Waals surface area (Å²) in [7, 11) is 0. The van der Waals surface area contributed by atoms with Crippen LogP contribution in [0.2, 0.25) is 0 Å². The van der Waals surface area contributed by atoms with Gasteiger partial charge in [0.1, 0.15) is 11.9 Å². The van der Waals surface area contributed by atoms with E-state index in [2.05, 4.69) is 18.0 Å². The van der Waals surface area contributed by atoms with Crippen molar-refractivity contribution in [1.82, 2.24) is 15.0 Å². The third kappa shape index (κ3) is 3.41. The van der Waals surface area contributed by atoms with Crippen LogP contribution in [0.25, 0.3) is 22.6 Å². The lowest BCUT2D eigenvalue weighted by Gasteiger charge is -2.45. The van der Waals surface area contributed by atoms with Crippen molar-refractivity contribution in [3.05, 3.63) is 77.0 Å².